The van der Waals surface area contributed by atoms with Crippen LogP contribution in [0.25, 0.3) is 5.82 Å². The molecule has 2 aromatic heterocycles. The van der Waals surface area contributed by atoms with Crippen molar-refractivity contribution in [2.45, 2.75) is 6.42 Å². The number of nitrogens with zero attached hydrogens (tertiary/aromatic N) is 3. The van der Waals surface area contributed by atoms with E-state index in [1.165, 1.54) is 0 Å². The van der Waals surface area contributed by atoms with Crippen LogP contribution in [0.15, 0.2) is 55.2 Å². The highest BCUT2D eigenvalue weighted by molar-refractivity contribution is 5.93. The maximum atomic E-state index is 12.2. The number of carbonyl (C=O) groups excluding carboxylic acids is 1. The van der Waals surface area contributed by atoms with Gasteiger partial charge >= 0.3 is 0 Å². The first-order chi connectivity index (χ1) is 12.3. The van der Waals surface area contributed by atoms with Crippen LogP contribution in [0.3, 0.4) is 0 Å². The Morgan fingerprint density at radius 3 is 2.92 bits per heavy atom. The summed E-state index contributed by atoms with van der Waals surface area (Å²) in [6.45, 7) is 0.791. The van der Waals surface area contributed by atoms with Crippen molar-refractivity contribution in [3.63, 3.8) is 0 Å². The van der Waals surface area contributed by atoms with Gasteiger partial charge in [0.05, 0.1) is 5.56 Å². The van der Waals surface area contributed by atoms with E-state index in [0.717, 1.165) is 22.9 Å². The molecule has 25 heavy (non-hydrogen) atoms. The molecule has 0 aliphatic carbocycles. The Bertz CT molecular complexity index is 876. The van der Waals surface area contributed by atoms with Crippen LogP contribution in [0.1, 0.15) is 15.9 Å². The van der Waals surface area contributed by atoms with Crippen LogP contribution in [0, 0.1) is 0 Å². The molecule has 1 aromatic carbocycles. The van der Waals surface area contributed by atoms with Gasteiger partial charge in [0, 0.05) is 25.1 Å². The van der Waals surface area contributed by atoms with Crippen molar-refractivity contribution in [3.8, 4) is 17.3 Å². The molecule has 0 saturated heterocycles. The van der Waals surface area contributed by atoms with Gasteiger partial charge in [-0.3, -0.25) is 9.36 Å². The standard InChI is InChI=1S/C18H16N4O3/c23-18(14-2-4-17(21-10-14)22-8-7-19-11-22)20-6-5-13-1-3-15-16(9-13)25-12-24-15/h1-4,7-11H,5-6,12H2,(H,20,23). The van der Waals surface area contributed by atoms with Crippen LogP contribution in [0.2, 0.25) is 0 Å². The maximum absolute atomic E-state index is 12.2. The molecule has 0 spiro atoms. The average Bonchev–Trinajstić information content (AvgIpc) is 3.33. The van der Waals surface area contributed by atoms with Crippen LogP contribution in [-0.4, -0.2) is 33.8 Å². The summed E-state index contributed by atoms with van der Waals surface area (Å²) in [7, 11) is 0. The molecule has 1 aliphatic rings. The number of carbonyl (C=O) groups is 1. The Labute approximate surface area is 144 Å². The van der Waals surface area contributed by atoms with Gasteiger partial charge in [-0.25, -0.2) is 9.97 Å². The van der Waals surface area contributed by atoms with E-state index in [1.54, 1.807) is 41.6 Å². The molecule has 1 aliphatic heterocycles. The minimum Gasteiger partial charge on any atom is -0.454 e. The van der Waals surface area contributed by atoms with E-state index in [1.807, 2.05) is 18.2 Å². The van der Waals surface area contributed by atoms with Gasteiger partial charge in [0.15, 0.2) is 11.5 Å². The van der Waals surface area contributed by atoms with Crippen molar-refractivity contribution in [1.29, 1.82) is 0 Å². The molecular weight excluding hydrogens is 320 g/mol. The van der Waals surface area contributed by atoms with Crippen LogP contribution in [-0.2, 0) is 6.42 Å². The molecule has 0 radical (unpaired) electrons. The van der Waals surface area contributed by atoms with Crippen LogP contribution in [0.5, 0.6) is 11.5 Å². The summed E-state index contributed by atoms with van der Waals surface area (Å²) in [5, 5.41) is 2.90. The van der Waals surface area contributed by atoms with Gasteiger partial charge in [-0.05, 0) is 36.2 Å². The van der Waals surface area contributed by atoms with Crippen molar-refractivity contribution in [2.75, 3.05) is 13.3 Å². The third kappa shape index (κ3) is 3.30. The zero-order chi connectivity index (χ0) is 17.1. The van der Waals surface area contributed by atoms with E-state index in [2.05, 4.69) is 15.3 Å². The molecule has 3 heterocycles. The number of imidazole rings is 1. The highest BCUT2D eigenvalue weighted by Crippen LogP contribution is 2.32. The van der Waals surface area contributed by atoms with Crippen molar-refractivity contribution >= 4 is 5.91 Å². The SMILES string of the molecule is O=C(NCCc1ccc2c(c1)OCO2)c1ccc(-n2ccnc2)nc1. The minimum atomic E-state index is -0.148. The monoisotopic (exact) mass is 336 g/mol. The van der Waals surface area contributed by atoms with Gasteiger partial charge in [-0.15, -0.1) is 0 Å². The third-order valence-electron chi connectivity index (χ3n) is 3.92. The summed E-state index contributed by atoms with van der Waals surface area (Å²) < 4.78 is 12.4. The number of hydrogen-bond donors (Lipinski definition) is 1. The van der Waals surface area contributed by atoms with E-state index in [0.29, 0.717) is 18.5 Å². The first-order valence-corrected chi connectivity index (χ1v) is 7.91. The second-order valence-electron chi connectivity index (χ2n) is 5.57. The van der Waals surface area contributed by atoms with Crippen molar-refractivity contribution in [1.82, 2.24) is 19.9 Å². The quantitative estimate of drug-likeness (QED) is 0.771. The Morgan fingerprint density at radius 1 is 1.20 bits per heavy atom. The molecule has 1 N–H and O–H groups in total. The van der Waals surface area contributed by atoms with E-state index in [-0.39, 0.29) is 12.7 Å². The number of pyridine rings is 1. The van der Waals surface area contributed by atoms with Crippen molar-refractivity contribution in [2.24, 2.45) is 0 Å². The molecule has 0 unspecified atom stereocenters. The Morgan fingerprint density at radius 2 is 2.12 bits per heavy atom. The lowest BCUT2D eigenvalue weighted by Crippen LogP contribution is -2.25. The van der Waals surface area contributed by atoms with Gasteiger partial charge < -0.3 is 14.8 Å². The molecule has 4 rings (SSSR count). The first-order valence-electron chi connectivity index (χ1n) is 7.91. The molecule has 1 amide bonds. The minimum absolute atomic E-state index is 0.148. The zero-order valence-electron chi connectivity index (χ0n) is 13.4. The van der Waals surface area contributed by atoms with Crippen molar-refractivity contribution < 1.29 is 14.3 Å². The Kier molecular flexibility index (Phi) is 4.04. The Balaban J connectivity index is 1.33. The Hall–Kier alpha value is -3.35. The molecule has 0 bridgehead atoms. The largest absolute Gasteiger partial charge is 0.454 e. The fraction of sp³-hybridized carbons (Fsp3) is 0.167. The molecule has 0 atom stereocenters. The lowest BCUT2D eigenvalue weighted by Gasteiger charge is -2.07. The number of ether oxygens (including phenoxy) is 2. The highest BCUT2D eigenvalue weighted by atomic mass is 16.7. The van der Waals surface area contributed by atoms with Gasteiger partial charge in [-0.1, -0.05) is 6.07 Å². The van der Waals surface area contributed by atoms with Crippen molar-refractivity contribution in [3.05, 3.63) is 66.4 Å². The number of rotatable bonds is 5. The smallest absolute Gasteiger partial charge is 0.252 e. The molecule has 126 valence electrons. The second-order valence-corrected chi connectivity index (χ2v) is 5.57. The number of fused-ring (bicyclic) bond motifs is 1. The van der Waals surface area contributed by atoms with Gasteiger partial charge in [0.25, 0.3) is 5.91 Å². The predicted octanol–water partition coefficient (Wildman–Crippen LogP) is 1.97. The summed E-state index contributed by atoms with van der Waals surface area (Å²) in [4.78, 5) is 20.5. The average molecular weight is 336 g/mol. The first kappa shape index (κ1) is 15.2. The molecule has 7 heteroatoms. The molecular formula is C18H16N4O3. The summed E-state index contributed by atoms with van der Waals surface area (Å²) >= 11 is 0. The highest BCUT2D eigenvalue weighted by Gasteiger charge is 2.13. The van der Waals surface area contributed by atoms with E-state index >= 15 is 0 Å². The lowest BCUT2D eigenvalue weighted by atomic mass is 10.1. The number of amides is 1. The maximum Gasteiger partial charge on any atom is 0.252 e. The summed E-state index contributed by atoms with van der Waals surface area (Å²) in [5.74, 6) is 2.08. The summed E-state index contributed by atoms with van der Waals surface area (Å²) in [6.07, 6.45) is 7.41. The predicted molar refractivity (Wildman–Crippen MR) is 90.0 cm³/mol. The number of hydrogen-bond acceptors (Lipinski definition) is 5. The van der Waals surface area contributed by atoms with Crippen LogP contribution < -0.4 is 14.8 Å². The fourth-order valence-electron chi connectivity index (χ4n) is 2.59. The molecule has 7 nitrogen and oxygen atoms in total. The molecule has 3 aromatic rings. The third-order valence-corrected chi connectivity index (χ3v) is 3.92. The van der Waals surface area contributed by atoms with E-state index in [9.17, 15) is 4.79 Å². The van der Waals surface area contributed by atoms with E-state index < -0.39 is 0 Å². The summed E-state index contributed by atoms with van der Waals surface area (Å²) in [6, 6.07) is 9.34. The normalized spacial score (nSPS) is 12.2. The number of aromatic nitrogens is 3. The van der Waals surface area contributed by atoms with E-state index in [4.69, 9.17) is 9.47 Å². The van der Waals surface area contributed by atoms with Gasteiger partial charge in [0.1, 0.15) is 12.1 Å². The zero-order valence-corrected chi connectivity index (χ0v) is 13.4. The van der Waals surface area contributed by atoms with Gasteiger partial charge in [0.2, 0.25) is 6.79 Å². The van der Waals surface area contributed by atoms with Gasteiger partial charge in [-0.2, -0.15) is 0 Å². The lowest BCUT2D eigenvalue weighted by molar-refractivity contribution is 0.0954. The fourth-order valence-corrected chi connectivity index (χ4v) is 2.59. The molecule has 0 saturated carbocycles. The van der Waals surface area contributed by atoms with Crippen LogP contribution >= 0.6 is 0 Å². The molecule has 0 fully saturated rings. The van der Waals surface area contributed by atoms with Crippen LogP contribution in [0.4, 0.5) is 0 Å². The topological polar surface area (TPSA) is 78.3 Å². The number of nitrogens with one attached hydrogen (secondary N) is 1. The number of benzene rings is 1. The second kappa shape index (κ2) is 6.64. The summed E-state index contributed by atoms with van der Waals surface area (Å²) in [5.41, 5.74) is 1.60.